The molecule has 0 bridgehead atoms. The summed E-state index contributed by atoms with van der Waals surface area (Å²) >= 11 is 0. The van der Waals surface area contributed by atoms with Gasteiger partial charge in [-0.2, -0.15) is 0 Å². The van der Waals surface area contributed by atoms with Crippen LogP contribution < -0.4 is 10.6 Å². The molecule has 9 nitrogen and oxygen atoms in total. The van der Waals surface area contributed by atoms with E-state index in [1.165, 1.54) is 4.57 Å². The molecule has 1 atom stereocenters. The van der Waals surface area contributed by atoms with Gasteiger partial charge in [-0.3, -0.25) is 19.7 Å². The number of aromatic hydroxyl groups is 1. The Balaban J connectivity index is 1.29. The molecule has 2 aromatic heterocycles. The van der Waals surface area contributed by atoms with Gasteiger partial charge in [-0.15, -0.1) is 0 Å². The van der Waals surface area contributed by atoms with E-state index in [2.05, 4.69) is 15.6 Å². The van der Waals surface area contributed by atoms with Crippen LogP contribution in [0.3, 0.4) is 0 Å². The average molecular weight is 443 g/mol. The number of piperidine rings is 1. The van der Waals surface area contributed by atoms with Crippen LogP contribution in [-0.4, -0.2) is 36.9 Å². The van der Waals surface area contributed by atoms with Crippen molar-refractivity contribution in [2.45, 2.75) is 25.4 Å². The van der Waals surface area contributed by atoms with Crippen molar-refractivity contribution < 1.29 is 19.5 Å². The molecule has 1 unspecified atom stereocenters. The number of nitrogens with zero attached hydrogens (tertiary/aromatic N) is 3. The Labute approximate surface area is 188 Å². The molecular formula is C24H21N5O4. The lowest BCUT2D eigenvalue weighted by atomic mass is 10.1. The molecule has 0 spiro atoms. The minimum Gasteiger partial charge on any atom is -0.494 e. The lowest BCUT2D eigenvalue weighted by molar-refractivity contribution is -0.135. The zero-order valence-electron chi connectivity index (χ0n) is 17.6. The van der Waals surface area contributed by atoms with Crippen molar-refractivity contribution in [2.24, 2.45) is 0 Å². The van der Waals surface area contributed by atoms with E-state index in [0.29, 0.717) is 23.9 Å². The Bertz CT molecular complexity index is 1360. The fraction of sp³-hybridized carbons (Fsp3) is 0.167. The van der Waals surface area contributed by atoms with Crippen LogP contribution in [0.5, 0.6) is 5.88 Å². The van der Waals surface area contributed by atoms with E-state index >= 15 is 0 Å². The molecule has 3 heterocycles. The Morgan fingerprint density at radius 1 is 1.18 bits per heavy atom. The molecule has 3 N–H and O–H groups in total. The molecule has 5 rings (SSSR count). The number of carbonyl (C=O) groups is 3. The van der Waals surface area contributed by atoms with E-state index in [1.807, 2.05) is 35.0 Å². The monoisotopic (exact) mass is 443 g/mol. The number of nitrogens with one attached hydrogen (secondary N) is 2. The van der Waals surface area contributed by atoms with Crippen LogP contribution in [0.1, 0.15) is 34.8 Å². The van der Waals surface area contributed by atoms with Gasteiger partial charge in [-0.25, -0.2) is 4.98 Å². The summed E-state index contributed by atoms with van der Waals surface area (Å²) in [7, 11) is 0. The molecule has 1 fully saturated rings. The lowest BCUT2D eigenvalue weighted by Crippen LogP contribution is -2.41. The first-order valence-electron chi connectivity index (χ1n) is 10.5. The minimum absolute atomic E-state index is 0.0203. The number of hydrogen-bond acceptors (Lipinski definition) is 5. The number of hydrogen-bond donors (Lipinski definition) is 3. The summed E-state index contributed by atoms with van der Waals surface area (Å²) in [6, 6.07) is 12.0. The van der Waals surface area contributed by atoms with Gasteiger partial charge in [0.15, 0.2) is 5.88 Å². The lowest BCUT2D eigenvalue weighted by Gasteiger charge is -2.22. The molecule has 1 aliphatic rings. The number of rotatable bonds is 5. The molecular weight excluding hydrogens is 422 g/mol. The van der Waals surface area contributed by atoms with Gasteiger partial charge in [0.05, 0.1) is 6.33 Å². The van der Waals surface area contributed by atoms with E-state index < -0.39 is 11.9 Å². The van der Waals surface area contributed by atoms with Crippen LogP contribution in [0.25, 0.3) is 16.5 Å². The number of imidazole rings is 1. The fourth-order valence-corrected chi connectivity index (χ4v) is 4.05. The smallest absolute Gasteiger partial charge is 0.251 e. The molecule has 0 radical (unpaired) electrons. The molecule has 0 aliphatic carbocycles. The van der Waals surface area contributed by atoms with Crippen molar-refractivity contribution in [3.63, 3.8) is 0 Å². The maximum absolute atomic E-state index is 12.6. The van der Waals surface area contributed by atoms with Crippen molar-refractivity contribution >= 4 is 28.5 Å². The summed E-state index contributed by atoms with van der Waals surface area (Å²) in [5, 5.41) is 17.2. The number of benzene rings is 2. The van der Waals surface area contributed by atoms with Crippen LogP contribution >= 0.6 is 0 Å². The molecule has 0 saturated carbocycles. The van der Waals surface area contributed by atoms with E-state index in [1.54, 1.807) is 36.9 Å². The maximum atomic E-state index is 12.6. The van der Waals surface area contributed by atoms with Crippen LogP contribution in [0.15, 0.2) is 67.4 Å². The summed E-state index contributed by atoms with van der Waals surface area (Å²) in [5.74, 6) is -0.945. The summed E-state index contributed by atoms with van der Waals surface area (Å²) in [5.41, 5.74) is 2.31. The highest BCUT2D eigenvalue weighted by Crippen LogP contribution is 2.33. The van der Waals surface area contributed by atoms with Crippen molar-refractivity contribution in [3.8, 4) is 11.6 Å². The predicted octanol–water partition coefficient (Wildman–Crippen LogP) is 2.44. The van der Waals surface area contributed by atoms with Crippen LogP contribution in [0, 0.1) is 0 Å². The predicted molar refractivity (Wildman–Crippen MR) is 120 cm³/mol. The molecule has 33 heavy (non-hydrogen) atoms. The first-order chi connectivity index (χ1) is 16.0. The zero-order chi connectivity index (χ0) is 22.9. The summed E-state index contributed by atoms with van der Waals surface area (Å²) in [6.07, 6.45) is 7.47. The molecule has 9 heteroatoms. The average Bonchev–Trinajstić information content (AvgIpc) is 3.46. The van der Waals surface area contributed by atoms with Gasteiger partial charge < -0.3 is 19.6 Å². The van der Waals surface area contributed by atoms with Gasteiger partial charge in [-0.05, 0) is 48.4 Å². The van der Waals surface area contributed by atoms with Gasteiger partial charge in [0.2, 0.25) is 11.8 Å². The molecule has 166 valence electrons. The fourth-order valence-electron chi connectivity index (χ4n) is 4.05. The van der Waals surface area contributed by atoms with Gasteiger partial charge in [0, 0.05) is 53.6 Å². The Hall–Kier alpha value is -4.40. The first-order valence-corrected chi connectivity index (χ1v) is 10.5. The Morgan fingerprint density at radius 2 is 2.00 bits per heavy atom. The Morgan fingerprint density at radius 3 is 2.73 bits per heavy atom. The minimum atomic E-state index is -0.636. The molecule has 4 aromatic rings. The van der Waals surface area contributed by atoms with Gasteiger partial charge in [-0.1, -0.05) is 6.07 Å². The van der Waals surface area contributed by atoms with Crippen molar-refractivity contribution in [2.75, 3.05) is 0 Å². The largest absolute Gasteiger partial charge is 0.494 e. The third-order valence-electron chi connectivity index (χ3n) is 5.81. The highest BCUT2D eigenvalue weighted by atomic mass is 16.3. The van der Waals surface area contributed by atoms with Crippen LogP contribution in [-0.2, 0) is 16.1 Å². The van der Waals surface area contributed by atoms with Crippen molar-refractivity contribution in [3.05, 3.63) is 78.5 Å². The number of amides is 3. The number of carbonyl (C=O) groups excluding carboxylic acids is 3. The molecule has 3 amide bonds. The summed E-state index contributed by atoms with van der Waals surface area (Å²) in [6.45, 7) is 0.308. The van der Waals surface area contributed by atoms with E-state index in [4.69, 9.17) is 0 Å². The third kappa shape index (κ3) is 3.96. The number of aromatic nitrogens is 3. The van der Waals surface area contributed by atoms with E-state index in [9.17, 15) is 19.5 Å². The number of imide groups is 1. The maximum Gasteiger partial charge on any atom is 0.251 e. The van der Waals surface area contributed by atoms with Crippen LogP contribution in [0.2, 0.25) is 0 Å². The van der Waals surface area contributed by atoms with E-state index in [-0.39, 0.29) is 24.1 Å². The Kier molecular flexibility index (Phi) is 5.14. The van der Waals surface area contributed by atoms with Crippen LogP contribution in [0.4, 0.5) is 0 Å². The van der Waals surface area contributed by atoms with Gasteiger partial charge in [0.25, 0.3) is 5.91 Å². The highest BCUT2D eigenvalue weighted by Gasteiger charge is 2.30. The third-order valence-corrected chi connectivity index (χ3v) is 5.81. The first kappa shape index (κ1) is 20.5. The molecule has 2 aromatic carbocycles. The van der Waals surface area contributed by atoms with E-state index in [0.717, 1.165) is 16.6 Å². The summed E-state index contributed by atoms with van der Waals surface area (Å²) in [4.78, 5) is 40.2. The highest BCUT2D eigenvalue weighted by molar-refractivity contribution is 6.00. The van der Waals surface area contributed by atoms with Crippen molar-refractivity contribution in [1.29, 1.82) is 0 Å². The zero-order valence-corrected chi connectivity index (χ0v) is 17.6. The van der Waals surface area contributed by atoms with Crippen molar-refractivity contribution in [1.82, 2.24) is 24.8 Å². The second-order valence-electron chi connectivity index (χ2n) is 7.95. The topological polar surface area (TPSA) is 118 Å². The summed E-state index contributed by atoms with van der Waals surface area (Å²) < 4.78 is 3.35. The van der Waals surface area contributed by atoms with Gasteiger partial charge in [0.1, 0.15) is 6.04 Å². The normalized spacial score (nSPS) is 16.1. The second kappa shape index (κ2) is 8.27. The number of fused-ring (bicyclic) bond motifs is 1. The standard InChI is InChI=1S/C24H21N5O4/c30-21-8-7-20(23(32)27-21)29-13-17-11-15(1-6-19(17)24(29)33)12-26-22(31)16-2-4-18(5-3-16)28-10-9-25-14-28/h1-6,9-11,13-14,20,33H,7-8,12H2,(H,26,31)(H,27,30,32). The molecule has 1 aliphatic heterocycles. The SMILES string of the molecule is O=C1CCC(n2cc3cc(CNC(=O)c4ccc(-n5ccnc5)cc4)ccc3c2O)C(=O)N1. The molecule has 1 saturated heterocycles. The second-order valence-corrected chi connectivity index (χ2v) is 7.95. The quantitative estimate of drug-likeness (QED) is 0.410. The van der Waals surface area contributed by atoms with Gasteiger partial charge >= 0.3 is 0 Å².